The molecular formula is C14H20ClFN2. The second kappa shape index (κ2) is 6.50. The summed E-state index contributed by atoms with van der Waals surface area (Å²) >= 11 is 6.00. The Morgan fingerprint density at radius 3 is 2.72 bits per heavy atom. The molecule has 0 aromatic heterocycles. The Hall–Kier alpha value is -0.640. The highest BCUT2D eigenvalue weighted by Gasteiger charge is 2.18. The van der Waals surface area contributed by atoms with Crippen molar-refractivity contribution in [3.8, 4) is 0 Å². The molecule has 0 bridgehead atoms. The van der Waals surface area contributed by atoms with Crippen LogP contribution in [-0.2, 0) is 6.54 Å². The molecule has 0 atom stereocenters. The molecule has 1 aliphatic heterocycles. The maximum absolute atomic E-state index is 13.6. The zero-order valence-corrected chi connectivity index (χ0v) is 11.5. The van der Waals surface area contributed by atoms with Crippen LogP contribution in [0.2, 0.25) is 5.02 Å². The molecule has 0 radical (unpaired) electrons. The summed E-state index contributed by atoms with van der Waals surface area (Å²) in [4.78, 5) is 2.44. The topological polar surface area (TPSA) is 15.3 Å². The summed E-state index contributed by atoms with van der Waals surface area (Å²) in [5, 5.41) is 3.92. The van der Waals surface area contributed by atoms with Crippen molar-refractivity contribution >= 4 is 11.6 Å². The van der Waals surface area contributed by atoms with E-state index in [0.29, 0.717) is 23.2 Å². The van der Waals surface area contributed by atoms with E-state index in [1.807, 2.05) is 0 Å². The van der Waals surface area contributed by atoms with Crippen LogP contribution >= 0.6 is 11.6 Å². The van der Waals surface area contributed by atoms with Gasteiger partial charge in [0.05, 0.1) is 0 Å². The highest BCUT2D eigenvalue weighted by molar-refractivity contribution is 6.31. The minimum atomic E-state index is -0.221. The number of nitrogens with one attached hydrogen (secondary N) is 1. The van der Waals surface area contributed by atoms with E-state index in [4.69, 9.17) is 11.6 Å². The van der Waals surface area contributed by atoms with Gasteiger partial charge in [0.1, 0.15) is 5.82 Å². The molecule has 0 aliphatic carbocycles. The molecule has 4 heteroatoms. The van der Waals surface area contributed by atoms with Gasteiger partial charge >= 0.3 is 0 Å². The van der Waals surface area contributed by atoms with E-state index in [1.54, 1.807) is 12.1 Å². The van der Waals surface area contributed by atoms with Gasteiger partial charge in [-0.25, -0.2) is 4.39 Å². The normalized spacial score (nSPS) is 18.2. The van der Waals surface area contributed by atoms with Gasteiger partial charge in [-0.1, -0.05) is 24.6 Å². The third-order valence-corrected chi connectivity index (χ3v) is 4.02. The first-order valence-corrected chi connectivity index (χ1v) is 6.97. The first kappa shape index (κ1) is 13.8. The summed E-state index contributed by atoms with van der Waals surface area (Å²) in [5.74, 6) is -0.221. The van der Waals surface area contributed by atoms with Crippen LogP contribution in [0.15, 0.2) is 18.2 Å². The maximum Gasteiger partial charge on any atom is 0.129 e. The fourth-order valence-electron chi connectivity index (χ4n) is 2.40. The van der Waals surface area contributed by atoms with Crippen molar-refractivity contribution in [2.75, 3.05) is 19.6 Å². The van der Waals surface area contributed by atoms with Crippen LogP contribution in [0.5, 0.6) is 0 Å². The van der Waals surface area contributed by atoms with Crippen molar-refractivity contribution in [1.82, 2.24) is 10.2 Å². The van der Waals surface area contributed by atoms with Crippen LogP contribution in [0.3, 0.4) is 0 Å². The maximum atomic E-state index is 13.6. The molecule has 2 rings (SSSR count). The van der Waals surface area contributed by atoms with Crippen LogP contribution < -0.4 is 5.32 Å². The Morgan fingerprint density at radius 1 is 1.39 bits per heavy atom. The van der Waals surface area contributed by atoms with E-state index in [2.05, 4.69) is 17.1 Å². The number of nitrogens with zero attached hydrogens (tertiary/aromatic N) is 1. The Bertz CT molecular complexity index is 369. The molecule has 0 spiro atoms. The van der Waals surface area contributed by atoms with Crippen molar-refractivity contribution in [3.05, 3.63) is 34.6 Å². The number of likely N-dealkylation sites (tertiary alicyclic amines) is 1. The number of benzene rings is 1. The van der Waals surface area contributed by atoms with Gasteiger partial charge in [0.25, 0.3) is 0 Å². The monoisotopic (exact) mass is 270 g/mol. The summed E-state index contributed by atoms with van der Waals surface area (Å²) < 4.78 is 13.6. The largest absolute Gasteiger partial charge is 0.310 e. The zero-order chi connectivity index (χ0) is 13.0. The Kier molecular flexibility index (Phi) is 4.98. The van der Waals surface area contributed by atoms with E-state index in [9.17, 15) is 4.39 Å². The number of rotatable bonds is 4. The highest BCUT2D eigenvalue weighted by atomic mass is 35.5. The molecule has 1 heterocycles. The molecule has 1 fully saturated rings. The summed E-state index contributed by atoms with van der Waals surface area (Å²) in [7, 11) is 0. The lowest BCUT2D eigenvalue weighted by Crippen LogP contribution is -2.42. The zero-order valence-electron chi connectivity index (χ0n) is 10.8. The van der Waals surface area contributed by atoms with Crippen molar-refractivity contribution in [2.45, 2.75) is 32.4 Å². The molecule has 1 aromatic rings. The van der Waals surface area contributed by atoms with E-state index >= 15 is 0 Å². The van der Waals surface area contributed by atoms with Gasteiger partial charge in [-0.05, 0) is 44.6 Å². The van der Waals surface area contributed by atoms with Gasteiger partial charge in [-0.2, -0.15) is 0 Å². The predicted octanol–water partition coefficient (Wildman–Crippen LogP) is 3.05. The Morgan fingerprint density at radius 2 is 2.11 bits per heavy atom. The van der Waals surface area contributed by atoms with Gasteiger partial charge in [-0.15, -0.1) is 0 Å². The van der Waals surface area contributed by atoms with Crippen LogP contribution in [-0.4, -0.2) is 30.6 Å². The SMILES string of the molecule is CCN1CCC(NCc2c(F)cccc2Cl)CC1. The number of halogens is 2. The molecule has 1 aliphatic rings. The molecule has 0 saturated carbocycles. The third kappa shape index (κ3) is 3.44. The predicted molar refractivity (Wildman–Crippen MR) is 73.4 cm³/mol. The second-order valence-electron chi connectivity index (χ2n) is 4.79. The fourth-order valence-corrected chi connectivity index (χ4v) is 2.63. The fraction of sp³-hybridized carbons (Fsp3) is 0.571. The van der Waals surface area contributed by atoms with Crippen molar-refractivity contribution in [2.24, 2.45) is 0 Å². The molecule has 0 unspecified atom stereocenters. The number of piperidine rings is 1. The van der Waals surface area contributed by atoms with Gasteiger partial charge in [0, 0.05) is 23.2 Å². The standard InChI is InChI=1S/C14H20ClFN2/c1-2-18-8-6-11(7-9-18)17-10-12-13(15)4-3-5-14(12)16/h3-5,11,17H,2,6-10H2,1H3. The van der Waals surface area contributed by atoms with E-state index in [-0.39, 0.29) is 5.82 Å². The second-order valence-corrected chi connectivity index (χ2v) is 5.20. The first-order valence-electron chi connectivity index (χ1n) is 6.59. The van der Waals surface area contributed by atoms with E-state index < -0.39 is 0 Å². The van der Waals surface area contributed by atoms with Gasteiger partial charge in [0.2, 0.25) is 0 Å². The molecule has 1 aromatic carbocycles. The average Bonchev–Trinajstić information content (AvgIpc) is 2.39. The Labute approximate surface area is 113 Å². The van der Waals surface area contributed by atoms with Crippen molar-refractivity contribution in [3.63, 3.8) is 0 Å². The Balaban J connectivity index is 1.85. The average molecular weight is 271 g/mol. The minimum absolute atomic E-state index is 0.221. The van der Waals surface area contributed by atoms with Crippen LogP contribution in [0.25, 0.3) is 0 Å². The summed E-state index contributed by atoms with van der Waals surface area (Å²) in [6.07, 6.45) is 2.25. The van der Waals surface area contributed by atoms with E-state index in [1.165, 1.54) is 6.07 Å². The molecule has 2 nitrogen and oxygen atoms in total. The lowest BCUT2D eigenvalue weighted by molar-refractivity contribution is 0.205. The van der Waals surface area contributed by atoms with Crippen LogP contribution in [0.1, 0.15) is 25.3 Å². The summed E-state index contributed by atoms with van der Waals surface area (Å²) in [6.45, 7) is 6.07. The van der Waals surface area contributed by atoms with Crippen LogP contribution in [0, 0.1) is 5.82 Å². The van der Waals surface area contributed by atoms with Gasteiger partial charge in [0.15, 0.2) is 0 Å². The summed E-state index contributed by atoms with van der Waals surface area (Å²) in [6, 6.07) is 5.31. The lowest BCUT2D eigenvalue weighted by atomic mass is 10.0. The van der Waals surface area contributed by atoms with Gasteiger partial charge in [-0.3, -0.25) is 0 Å². The molecule has 18 heavy (non-hydrogen) atoms. The van der Waals surface area contributed by atoms with Crippen LogP contribution in [0.4, 0.5) is 4.39 Å². The van der Waals surface area contributed by atoms with E-state index in [0.717, 1.165) is 32.5 Å². The molecule has 1 saturated heterocycles. The quantitative estimate of drug-likeness (QED) is 0.905. The summed E-state index contributed by atoms with van der Waals surface area (Å²) in [5.41, 5.74) is 0.581. The molecular weight excluding hydrogens is 251 g/mol. The highest BCUT2D eigenvalue weighted by Crippen LogP contribution is 2.19. The van der Waals surface area contributed by atoms with Gasteiger partial charge < -0.3 is 10.2 Å². The van der Waals surface area contributed by atoms with Crippen molar-refractivity contribution < 1.29 is 4.39 Å². The molecule has 100 valence electrons. The minimum Gasteiger partial charge on any atom is -0.310 e. The first-order chi connectivity index (χ1) is 8.70. The number of hydrogen-bond donors (Lipinski definition) is 1. The lowest BCUT2D eigenvalue weighted by Gasteiger charge is -2.31. The number of hydrogen-bond acceptors (Lipinski definition) is 2. The molecule has 1 N–H and O–H groups in total. The molecule has 0 amide bonds. The smallest absolute Gasteiger partial charge is 0.129 e. The van der Waals surface area contributed by atoms with Crippen molar-refractivity contribution in [1.29, 1.82) is 0 Å². The third-order valence-electron chi connectivity index (χ3n) is 3.66.